The number of hydrogen-bond donors (Lipinski definition) is 1. The van der Waals surface area contributed by atoms with Crippen molar-refractivity contribution in [1.29, 1.82) is 0 Å². The highest BCUT2D eigenvalue weighted by Gasteiger charge is 2.29. The summed E-state index contributed by atoms with van der Waals surface area (Å²) in [6, 6.07) is 7.54. The summed E-state index contributed by atoms with van der Waals surface area (Å²) in [5.74, 6) is -0.410. The van der Waals surface area contributed by atoms with E-state index in [2.05, 4.69) is 16.9 Å². The van der Waals surface area contributed by atoms with Gasteiger partial charge in [-0.3, -0.25) is 0 Å². The Hall–Kier alpha value is -2.14. The van der Waals surface area contributed by atoms with Crippen LogP contribution in [-0.2, 0) is 6.42 Å². The van der Waals surface area contributed by atoms with E-state index in [0.29, 0.717) is 28.9 Å². The third-order valence-electron chi connectivity index (χ3n) is 4.30. The Morgan fingerprint density at radius 3 is 2.67 bits per heavy atom. The fourth-order valence-corrected chi connectivity index (χ4v) is 3.08. The zero-order chi connectivity index (χ0) is 17.3. The smallest absolute Gasteiger partial charge is 0.374 e. The minimum atomic E-state index is -1.16. The van der Waals surface area contributed by atoms with E-state index in [4.69, 9.17) is 16.3 Å². The SMILES string of the molecule is Cc1nc(C(=O)O)nc(O[C@H]2C[C@H](C)C2)c1Cc1ccccc1Cl. The van der Waals surface area contributed by atoms with Crippen LogP contribution in [0, 0.1) is 12.8 Å². The van der Waals surface area contributed by atoms with Crippen molar-refractivity contribution < 1.29 is 14.6 Å². The number of carbonyl (C=O) groups is 1. The van der Waals surface area contributed by atoms with Gasteiger partial charge in [-0.2, -0.15) is 4.98 Å². The quantitative estimate of drug-likeness (QED) is 0.888. The largest absolute Gasteiger partial charge is 0.475 e. The number of nitrogens with zero attached hydrogens (tertiary/aromatic N) is 2. The van der Waals surface area contributed by atoms with Crippen LogP contribution < -0.4 is 4.74 Å². The molecule has 1 heterocycles. The van der Waals surface area contributed by atoms with Gasteiger partial charge >= 0.3 is 5.97 Å². The third kappa shape index (κ3) is 3.51. The first kappa shape index (κ1) is 16.7. The maximum atomic E-state index is 11.2. The molecular weight excluding hydrogens is 328 g/mol. The summed E-state index contributed by atoms with van der Waals surface area (Å²) in [6.45, 7) is 3.94. The van der Waals surface area contributed by atoms with Crippen molar-refractivity contribution in [2.24, 2.45) is 5.92 Å². The minimum Gasteiger partial charge on any atom is -0.475 e. The van der Waals surface area contributed by atoms with Crippen molar-refractivity contribution in [3.8, 4) is 5.88 Å². The van der Waals surface area contributed by atoms with Crippen molar-refractivity contribution in [2.75, 3.05) is 0 Å². The number of aryl methyl sites for hydroxylation is 1. The zero-order valence-electron chi connectivity index (χ0n) is 13.6. The molecule has 1 N–H and O–H groups in total. The maximum absolute atomic E-state index is 11.2. The van der Waals surface area contributed by atoms with Crippen LogP contribution >= 0.6 is 11.6 Å². The molecule has 1 aliphatic carbocycles. The normalized spacial score (nSPS) is 19.6. The fourth-order valence-electron chi connectivity index (χ4n) is 2.88. The predicted octanol–water partition coefficient (Wildman–Crippen LogP) is 3.90. The van der Waals surface area contributed by atoms with Crippen molar-refractivity contribution in [3.63, 3.8) is 0 Å². The summed E-state index contributed by atoms with van der Waals surface area (Å²) in [5.41, 5.74) is 2.32. The van der Waals surface area contributed by atoms with Gasteiger partial charge in [0.05, 0.1) is 0 Å². The Bertz CT molecular complexity index is 773. The molecule has 0 aliphatic heterocycles. The maximum Gasteiger partial charge on any atom is 0.374 e. The van der Waals surface area contributed by atoms with E-state index in [1.54, 1.807) is 6.92 Å². The van der Waals surface area contributed by atoms with Gasteiger partial charge in [-0.25, -0.2) is 9.78 Å². The monoisotopic (exact) mass is 346 g/mol. The number of aromatic nitrogens is 2. The number of benzene rings is 1. The van der Waals surface area contributed by atoms with Crippen molar-refractivity contribution in [3.05, 3.63) is 51.9 Å². The van der Waals surface area contributed by atoms with Crippen LogP contribution in [-0.4, -0.2) is 27.1 Å². The van der Waals surface area contributed by atoms with Crippen LogP contribution in [0.4, 0.5) is 0 Å². The van der Waals surface area contributed by atoms with Gasteiger partial charge in [-0.15, -0.1) is 0 Å². The summed E-state index contributed by atoms with van der Waals surface area (Å²) >= 11 is 6.25. The standard InChI is InChI=1S/C18H19ClN2O3/c1-10-7-13(8-10)24-17-14(9-12-5-3-4-6-15(12)19)11(2)20-16(21-17)18(22)23/h3-6,10,13H,7-9H2,1-2H3,(H,22,23)/t10-,13-. The summed E-state index contributed by atoms with van der Waals surface area (Å²) in [4.78, 5) is 19.5. The number of aromatic carboxylic acids is 1. The Balaban J connectivity index is 1.96. The van der Waals surface area contributed by atoms with Gasteiger partial charge in [-0.1, -0.05) is 36.7 Å². The van der Waals surface area contributed by atoms with Gasteiger partial charge in [0.1, 0.15) is 6.10 Å². The second-order valence-corrected chi connectivity index (χ2v) is 6.71. The number of ether oxygens (including phenoxy) is 1. The molecule has 1 aliphatic rings. The van der Waals surface area contributed by atoms with Gasteiger partial charge in [-0.05, 0) is 37.3 Å². The van der Waals surface area contributed by atoms with E-state index < -0.39 is 5.97 Å². The van der Waals surface area contributed by atoms with Gasteiger partial charge in [0.25, 0.3) is 0 Å². The van der Waals surface area contributed by atoms with Crippen LogP contribution in [0.5, 0.6) is 5.88 Å². The lowest BCUT2D eigenvalue weighted by Crippen LogP contribution is -2.33. The van der Waals surface area contributed by atoms with E-state index >= 15 is 0 Å². The first-order valence-corrected chi connectivity index (χ1v) is 8.32. The highest BCUT2D eigenvalue weighted by atomic mass is 35.5. The molecular formula is C18H19ClN2O3. The van der Waals surface area contributed by atoms with Crippen LogP contribution in [0.15, 0.2) is 24.3 Å². The first-order valence-electron chi connectivity index (χ1n) is 7.95. The fraction of sp³-hybridized carbons (Fsp3) is 0.389. The van der Waals surface area contributed by atoms with E-state index in [1.165, 1.54) is 0 Å². The van der Waals surface area contributed by atoms with E-state index in [-0.39, 0.29) is 11.9 Å². The molecule has 2 aromatic rings. The molecule has 0 saturated heterocycles. The molecule has 24 heavy (non-hydrogen) atoms. The zero-order valence-corrected chi connectivity index (χ0v) is 14.4. The molecule has 5 nitrogen and oxygen atoms in total. The van der Waals surface area contributed by atoms with E-state index in [0.717, 1.165) is 24.0 Å². The molecule has 1 aromatic carbocycles. The third-order valence-corrected chi connectivity index (χ3v) is 4.67. The van der Waals surface area contributed by atoms with Crippen molar-refractivity contribution >= 4 is 17.6 Å². The van der Waals surface area contributed by atoms with Gasteiger partial charge in [0.15, 0.2) is 0 Å². The molecule has 0 radical (unpaired) electrons. The molecule has 1 aromatic heterocycles. The lowest BCUT2D eigenvalue weighted by Gasteiger charge is -2.33. The number of carboxylic acid groups (broad SMARTS) is 1. The van der Waals surface area contributed by atoms with Gasteiger partial charge in [0.2, 0.25) is 11.7 Å². The predicted molar refractivity (Wildman–Crippen MR) is 90.8 cm³/mol. The second-order valence-electron chi connectivity index (χ2n) is 6.31. The number of halogens is 1. The average molecular weight is 347 g/mol. The molecule has 0 amide bonds. The topological polar surface area (TPSA) is 72.3 Å². The van der Waals surface area contributed by atoms with E-state index in [9.17, 15) is 9.90 Å². The van der Waals surface area contributed by atoms with Crippen molar-refractivity contribution in [1.82, 2.24) is 9.97 Å². The lowest BCUT2D eigenvalue weighted by molar-refractivity contribution is 0.0632. The highest BCUT2D eigenvalue weighted by molar-refractivity contribution is 6.31. The minimum absolute atomic E-state index is 0.0842. The van der Waals surface area contributed by atoms with Crippen LogP contribution in [0.1, 0.15) is 47.2 Å². The van der Waals surface area contributed by atoms with Gasteiger partial charge in [0, 0.05) is 22.7 Å². The molecule has 0 unspecified atom stereocenters. The number of carboxylic acids is 1. The van der Waals surface area contributed by atoms with Gasteiger partial charge < -0.3 is 9.84 Å². The van der Waals surface area contributed by atoms with Crippen LogP contribution in [0.3, 0.4) is 0 Å². The first-order chi connectivity index (χ1) is 11.4. The van der Waals surface area contributed by atoms with Crippen molar-refractivity contribution in [2.45, 2.75) is 39.2 Å². The Morgan fingerprint density at radius 1 is 1.33 bits per heavy atom. The van der Waals surface area contributed by atoms with Crippen LogP contribution in [0.2, 0.25) is 5.02 Å². The molecule has 0 atom stereocenters. The second kappa shape index (κ2) is 6.77. The average Bonchev–Trinajstić information content (AvgIpc) is 2.50. The summed E-state index contributed by atoms with van der Waals surface area (Å²) in [5, 5.41) is 9.86. The molecule has 1 fully saturated rings. The Kier molecular flexibility index (Phi) is 4.71. The molecule has 1 saturated carbocycles. The number of rotatable bonds is 5. The summed E-state index contributed by atoms with van der Waals surface area (Å²) in [6.07, 6.45) is 2.50. The molecule has 3 rings (SSSR count). The summed E-state index contributed by atoms with van der Waals surface area (Å²) < 4.78 is 5.98. The molecule has 126 valence electrons. The Labute approximate surface area is 145 Å². The lowest BCUT2D eigenvalue weighted by atomic mass is 9.84. The molecule has 0 spiro atoms. The van der Waals surface area contributed by atoms with E-state index in [1.807, 2.05) is 24.3 Å². The number of hydrogen-bond acceptors (Lipinski definition) is 4. The summed E-state index contributed by atoms with van der Waals surface area (Å²) in [7, 11) is 0. The highest BCUT2D eigenvalue weighted by Crippen LogP contribution is 2.33. The Morgan fingerprint density at radius 2 is 2.04 bits per heavy atom. The van der Waals surface area contributed by atoms with Crippen LogP contribution in [0.25, 0.3) is 0 Å². The molecule has 0 bridgehead atoms. The molecule has 6 heteroatoms.